The standard InChI is InChI=1S/C18H19ClN4OS/c1-12(2)18-21-15(11-25-18)9-17(24)22-16-7-8-20-23(16)10-13-3-5-14(19)6-4-13/h3-8,11-12H,9-10H2,1-2H3,(H,22,24). The maximum atomic E-state index is 12.3. The number of thiazole rings is 1. The smallest absolute Gasteiger partial charge is 0.231 e. The summed E-state index contributed by atoms with van der Waals surface area (Å²) in [7, 11) is 0. The molecule has 0 spiro atoms. The van der Waals surface area contributed by atoms with E-state index >= 15 is 0 Å². The molecule has 2 aromatic heterocycles. The number of hydrogen-bond donors (Lipinski definition) is 1. The van der Waals surface area contributed by atoms with Crippen molar-refractivity contribution in [2.24, 2.45) is 0 Å². The Morgan fingerprint density at radius 1 is 1.28 bits per heavy atom. The molecule has 0 saturated heterocycles. The van der Waals surface area contributed by atoms with E-state index in [4.69, 9.17) is 11.6 Å². The SMILES string of the molecule is CC(C)c1nc(CC(=O)Nc2ccnn2Cc2ccc(Cl)cc2)cs1. The zero-order valence-electron chi connectivity index (χ0n) is 14.1. The topological polar surface area (TPSA) is 59.8 Å². The van der Waals surface area contributed by atoms with Crippen molar-refractivity contribution in [1.82, 2.24) is 14.8 Å². The summed E-state index contributed by atoms with van der Waals surface area (Å²) in [5, 5.41) is 10.9. The van der Waals surface area contributed by atoms with Gasteiger partial charge in [-0.15, -0.1) is 11.3 Å². The molecule has 5 nitrogen and oxygen atoms in total. The van der Waals surface area contributed by atoms with Crippen LogP contribution >= 0.6 is 22.9 Å². The normalized spacial score (nSPS) is 11.0. The van der Waals surface area contributed by atoms with Crippen LogP contribution in [0.5, 0.6) is 0 Å². The summed E-state index contributed by atoms with van der Waals surface area (Å²) >= 11 is 7.50. The van der Waals surface area contributed by atoms with Gasteiger partial charge in [0, 0.05) is 22.4 Å². The first kappa shape index (κ1) is 17.6. The van der Waals surface area contributed by atoms with Crippen LogP contribution in [0.3, 0.4) is 0 Å². The van der Waals surface area contributed by atoms with Crippen molar-refractivity contribution >= 4 is 34.7 Å². The molecule has 3 rings (SSSR count). The van der Waals surface area contributed by atoms with Crippen LogP contribution in [0.4, 0.5) is 5.82 Å². The van der Waals surface area contributed by atoms with Gasteiger partial charge < -0.3 is 5.32 Å². The molecule has 25 heavy (non-hydrogen) atoms. The molecule has 0 atom stereocenters. The van der Waals surface area contributed by atoms with E-state index in [0.717, 1.165) is 16.3 Å². The zero-order valence-corrected chi connectivity index (χ0v) is 15.6. The van der Waals surface area contributed by atoms with Crippen LogP contribution in [0, 0.1) is 0 Å². The largest absolute Gasteiger partial charge is 0.311 e. The van der Waals surface area contributed by atoms with Gasteiger partial charge in [0.2, 0.25) is 5.91 Å². The van der Waals surface area contributed by atoms with Crippen LogP contribution in [0.1, 0.15) is 36.0 Å². The molecule has 0 bridgehead atoms. The molecule has 1 N–H and O–H groups in total. The number of rotatable bonds is 6. The van der Waals surface area contributed by atoms with Crippen LogP contribution < -0.4 is 5.32 Å². The zero-order chi connectivity index (χ0) is 17.8. The number of halogens is 1. The Kier molecular flexibility index (Phi) is 5.50. The molecule has 7 heteroatoms. The average Bonchev–Trinajstić information content (AvgIpc) is 3.20. The molecule has 0 unspecified atom stereocenters. The fraction of sp³-hybridized carbons (Fsp3) is 0.278. The van der Waals surface area contributed by atoms with Crippen molar-refractivity contribution in [3.63, 3.8) is 0 Å². The third kappa shape index (κ3) is 4.67. The van der Waals surface area contributed by atoms with Crippen LogP contribution in [0.25, 0.3) is 0 Å². The van der Waals surface area contributed by atoms with Gasteiger partial charge in [-0.3, -0.25) is 4.79 Å². The Hall–Kier alpha value is -2.18. The number of nitrogens with zero attached hydrogens (tertiary/aromatic N) is 3. The summed E-state index contributed by atoms with van der Waals surface area (Å²) in [6.45, 7) is 4.75. The first-order valence-electron chi connectivity index (χ1n) is 8.01. The maximum Gasteiger partial charge on any atom is 0.231 e. The van der Waals surface area contributed by atoms with Gasteiger partial charge in [-0.2, -0.15) is 5.10 Å². The summed E-state index contributed by atoms with van der Waals surface area (Å²) in [4.78, 5) is 16.8. The van der Waals surface area contributed by atoms with Gasteiger partial charge in [-0.05, 0) is 17.7 Å². The second-order valence-corrected chi connectivity index (χ2v) is 7.38. The molecule has 1 amide bonds. The molecule has 2 heterocycles. The molecule has 0 saturated carbocycles. The van der Waals surface area contributed by atoms with Gasteiger partial charge >= 0.3 is 0 Å². The Labute approximate surface area is 155 Å². The van der Waals surface area contributed by atoms with E-state index in [9.17, 15) is 4.79 Å². The highest BCUT2D eigenvalue weighted by atomic mass is 35.5. The summed E-state index contributed by atoms with van der Waals surface area (Å²) < 4.78 is 1.75. The van der Waals surface area contributed by atoms with Gasteiger partial charge in [0.25, 0.3) is 0 Å². The third-order valence-corrected chi connectivity index (χ3v) is 5.08. The van der Waals surface area contributed by atoms with Crippen LogP contribution in [0.2, 0.25) is 5.02 Å². The van der Waals surface area contributed by atoms with E-state index in [1.165, 1.54) is 0 Å². The lowest BCUT2D eigenvalue weighted by molar-refractivity contribution is -0.115. The van der Waals surface area contributed by atoms with Crippen molar-refractivity contribution in [2.75, 3.05) is 5.32 Å². The Balaban J connectivity index is 1.63. The summed E-state index contributed by atoms with van der Waals surface area (Å²) in [6, 6.07) is 9.35. The molecule has 0 aliphatic carbocycles. The van der Waals surface area contributed by atoms with Crippen molar-refractivity contribution in [2.45, 2.75) is 32.7 Å². The van der Waals surface area contributed by atoms with Gasteiger partial charge in [0.1, 0.15) is 5.82 Å². The summed E-state index contributed by atoms with van der Waals surface area (Å²) in [5.41, 5.74) is 1.86. The van der Waals surface area contributed by atoms with Crippen LogP contribution in [-0.4, -0.2) is 20.7 Å². The van der Waals surface area contributed by atoms with Crippen molar-refractivity contribution in [3.8, 4) is 0 Å². The van der Waals surface area contributed by atoms with Crippen molar-refractivity contribution < 1.29 is 4.79 Å². The van der Waals surface area contributed by atoms with Crippen LogP contribution in [0.15, 0.2) is 41.9 Å². The quantitative estimate of drug-likeness (QED) is 0.697. The predicted octanol–water partition coefficient (Wildman–Crippen LogP) is 4.35. The van der Waals surface area contributed by atoms with E-state index in [-0.39, 0.29) is 12.3 Å². The summed E-state index contributed by atoms with van der Waals surface area (Å²) in [5.74, 6) is 0.945. The first-order chi connectivity index (χ1) is 12.0. The highest BCUT2D eigenvalue weighted by molar-refractivity contribution is 7.09. The highest BCUT2D eigenvalue weighted by Crippen LogP contribution is 2.20. The van der Waals surface area contributed by atoms with Gasteiger partial charge in [0.05, 0.1) is 29.9 Å². The third-order valence-electron chi connectivity index (χ3n) is 3.63. The van der Waals surface area contributed by atoms with Gasteiger partial charge in [-0.25, -0.2) is 9.67 Å². The van der Waals surface area contributed by atoms with E-state index in [1.54, 1.807) is 28.3 Å². The molecule has 0 aliphatic heterocycles. The minimum Gasteiger partial charge on any atom is -0.311 e. The minimum absolute atomic E-state index is 0.0986. The Morgan fingerprint density at radius 3 is 2.72 bits per heavy atom. The first-order valence-corrected chi connectivity index (χ1v) is 9.27. The minimum atomic E-state index is -0.0986. The molecule has 1 aromatic carbocycles. The van der Waals surface area contributed by atoms with Crippen LogP contribution in [-0.2, 0) is 17.8 Å². The highest BCUT2D eigenvalue weighted by Gasteiger charge is 2.12. The second kappa shape index (κ2) is 7.80. The number of anilines is 1. The molecular formula is C18H19ClN4OS. The molecule has 0 fully saturated rings. The maximum absolute atomic E-state index is 12.3. The number of hydrogen-bond acceptors (Lipinski definition) is 4. The van der Waals surface area contributed by atoms with E-state index in [1.807, 2.05) is 29.6 Å². The predicted molar refractivity (Wildman–Crippen MR) is 101 cm³/mol. The fourth-order valence-corrected chi connectivity index (χ4v) is 3.31. The van der Waals surface area contributed by atoms with Gasteiger partial charge in [-0.1, -0.05) is 37.6 Å². The lowest BCUT2D eigenvalue weighted by atomic mass is 10.2. The van der Waals surface area contributed by atoms with Crippen molar-refractivity contribution in [3.05, 3.63) is 63.2 Å². The number of amides is 1. The fourth-order valence-electron chi connectivity index (χ4n) is 2.35. The monoisotopic (exact) mass is 374 g/mol. The molecule has 3 aromatic rings. The Morgan fingerprint density at radius 2 is 2.04 bits per heavy atom. The number of aromatic nitrogens is 3. The number of benzene rings is 1. The average molecular weight is 375 g/mol. The van der Waals surface area contributed by atoms with E-state index in [2.05, 4.69) is 29.2 Å². The Bertz CT molecular complexity index is 854. The molecule has 0 aliphatic rings. The lowest BCUT2D eigenvalue weighted by Crippen LogP contribution is -2.18. The van der Waals surface area contributed by atoms with Crippen molar-refractivity contribution in [1.29, 1.82) is 0 Å². The number of nitrogens with one attached hydrogen (secondary N) is 1. The summed E-state index contributed by atoms with van der Waals surface area (Å²) in [6.07, 6.45) is 1.93. The van der Waals surface area contributed by atoms with Gasteiger partial charge in [0.15, 0.2) is 0 Å². The molecule has 130 valence electrons. The molecular weight excluding hydrogens is 356 g/mol. The van der Waals surface area contributed by atoms with E-state index < -0.39 is 0 Å². The molecule has 0 radical (unpaired) electrons. The second-order valence-electron chi connectivity index (χ2n) is 6.06. The number of carbonyl (C=O) groups is 1. The number of carbonyl (C=O) groups excluding carboxylic acids is 1. The lowest BCUT2D eigenvalue weighted by Gasteiger charge is -2.09. The van der Waals surface area contributed by atoms with E-state index in [0.29, 0.717) is 23.3 Å².